The molecule has 5 nitrogen and oxygen atoms in total. The third-order valence-corrected chi connectivity index (χ3v) is 3.55. The van der Waals surface area contributed by atoms with Crippen LogP contribution in [0.1, 0.15) is 35.8 Å². The maximum atomic E-state index is 12.3. The molecule has 0 aliphatic carbocycles. The van der Waals surface area contributed by atoms with Gasteiger partial charge in [-0.3, -0.25) is 4.79 Å². The van der Waals surface area contributed by atoms with Crippen LogP contribution in [0.15, 0.2) is 18.3 Å². The lowest BCUT2D eigenvalue weighted by molar-refractivity contribution is -0.0441. The number of pyridine rings is 1. The normalized spacial score (nSPS) is 22.9. The SMILES string of the molecule is COC1(C)CCCN(C(=O)c2ccc(C#N)cn2)C1. The molecule has 2 rings (SSSR count). The van der Waals surface area contributed by atoms with Crippen molar-refractivity contribution in [2.75, 3.05) is 20.2 Å². The highest BCUT2D eigenvalue weighted by Crippen LogP contribution is 2.24. The zero-order chi connectivity index (χ0) is 13.9. The van der Waals surface area contributed by atoms with Crippen LogP contribution in [-0.2, 0) is 4.74 Å². The fourth-order valence-electron chi connectivity index (χ4n) is 2.29. The van der Waals surface area contributed by atoms with E-state index < -0.39 is 0 Å². The summed E-state index contributed by atoms with van der Waals surface area (Å²) in [6, 6.07) is 5.20. The van der Waals surface area contributed by atoms with Crippen molar-refractivity contribution in [1.29, 1.82) is 5.26 Å². The molecule has 1 aromatic heterocycles. The standard InChI is InChI=1S/C14H17N3O2/c1-14(19-2)6-3-7-17(10-14)13(18)12-5-4-11(8-15)9-16-12/h4-5,9H,3,6-7,10H2,1-2H3. The summed E-state index contributed by atoms with van der Waals surface area (Å²) in [5.41, 5.74) is 0.553. The van der Waals surface area contributed by atoms with E-state index in [1.165, 1.54) is 6.20 Å². The van der Waals surface area contributed by atoms with Crippen molar-refractivity contribution in [2.24, 2.45) is 0 Å². The summed E-state index contributed by atoms with van der Waals surface area (Å²) in [5.74, 6) is -0.104. The van der Waals surface area contributed by atoms with Crippen LogP contribution < -0.4 is 0 Å². The van der Waals surface area contributed by atoms with Crippen LogP contribution in [0.3, 0.4) is 0 Å². The van der Waals surface area contributed by atoms with Crippen molar-refractivity contribution in [2.45, 2.75) is 25.4 Å². The molecule has 0 aromatic carbocycles. The third-order valence-electron chi connectivity index (χ3n) is 3.55. The van der Waals surface area contributed by atoms with Gasteiger partial charge >= 0.3 is 0 Å². The Balaban J connectivity index is 2.12. The number of carbonyl (C=O) groups is 1. The Labute approximate surface area is 112 Å². The van der Waals surface area contributed by atoms with Gasteiger partial charge in [0.2, 0.25) is 0 Å². The van der Waals surface area contributed by atoms with Gasteiger partial charge in [0.05, 0.1) is 11.2 Å². The number of rotatable bonds is 2. The first-order valence-corrected chi connectivity index (χ1v) is 6.28. The van der Waals surface area contributed by atoms with Crippen LogP contribution in [0, 0.1) is 11.3 Å². The molecule has 1 aromatic rings. The second-order valence-electron chi connectivity index (χ2n) is 5.03. The summed E-state index contributed by atoms with van der Waals surface area (Å²) < 4.78 is 5.47. The van der Waals surface area contributed by atoms with E-state index in [-0.39, 0.29) is 11.5 Å². The molecule has 5 heteroatoms. The lowest BCUT2D eigenvalue weighted by Crippen LogP contribution is -2.49. The minimum atomic E-state index is -0.277. The molecule has 0 saturated carbocycles. The van der Waals surface area contributed by atoms with Gasteiger partial charge < -0.3 is 9.64 Å². The van der Waals surface area contributed by atoms with E-state index >= 15 is 0 Å². The number of aromatic nitrogens is 1. The predicted octanol–water partition coefficient (Wildman–Crippen LogP) is 1.59. The minimum Gasteiger partial charge on any atom is -0.377 e. The van der Waals surface area contributed by atoms with Gasteiger partial charge in [0.1, 0.15) is 11.8 Å². The summed E-state index contributed by atoms with van der Waals surface area (Å²) in [4.78, 5) is 18.1. The molecule has 1 amide bonds. The van der Waals surface area contributed by atoms with Gasteiger partial charge in [0, 0.05) is 26.4 Å². The van der Waals surface area contributed by atoms with Crippen LogP contribution >= 0.6 is 0 Å². The molecule has 0 N–H and O–H groups in total. The smallest absolute Gasteiger partial charge is 0.272 e. The highest BCUT2D eigenvalue weighted by Gasteiger charge is 2.33. The quantitative estimate of drug-likeness (QED) is 0.809. The molecular formula is C14H17N3O2. The molecule has 19 heavy (non-hydrogen) atoms. The van der Waals surface area contributed by atoms with Crippen LogP contribution in [0.25, 0.3) is 0 Å². The van der Waals surface area contributed by atoms with Crippen molar-refractivity contribution in [3.05, 3.63) is 29.6 Å². The average molecular weight is 259 g/mol. The first-order valence-electron chi connectivity index (χ1n) is 6.28. The Morgan fingerprint density at radius 3 is 2.95 bits per heavy atom. The van der Waals surface area contributed by atoms with Crippen molar-refractivity contribution in [3.63, 3.8) is 0 Å². The second kappa shape index (κ2) is 5.37. The summed E-state index contributed by atoms with van der Waals surface area (Å²) in [6.45, 7) is 3.31. The van der Waals surface area contributed by atoms with E-state index in [1.807, 2.05) is 13.0 Å². The first-order chi connectivity index (χ1) is 9.08. The van der Waals surface area contributed by atoms with E-state index in [9.17, 15) is 4.79 Å². The maximum absolute atomic E-state index is 12.3. The van der Waals surface area contributed by atoms with E-state index in [1.54, 1.807) is 24.1 Å². The molecule has 2 heterocycles. The van der Waals surface area contributed by atoms with Crippen LogP contribution in [0.4, 0.5) is 0 Å². The Morgan fingerprint density at radius 2 is 2.37 bits per heavy atom. The van der Waals surface area contributed by atoms with E-state index in [0.717, 1.165) is 19.4 Å². The topological polar surface area (TPSA) is 66.2 Å². The van der Waals surface area contributed by atoms with E-state index in [0.29, 0.717) is 17.8 Å². The molecular weight excluding hydrogens is 242 g/mol. The number of amides is 1. The monoisotopic (exact) mass is 259 g/mol. The van der Waals surface area contributed by atoms with Gasteiger partial charge in [-0.15, -0.1) is 0 Å². The van der Waals surface area contributed by atoms with Gasteiger partial charge in [-0.05, 0) is 31.9 Å². The van der Waals surface area contributed by atoms with E-state index in [4.69, 9.17) is 10.00 Å². The molecule has 1 saturated heterocycles. The number of likely N-dealkylation sites (tertiary alicyclic amines) is 1. The molecule has 1 fully saturated rings. The third kappa shape index (κ3) is 2.91. The fourth-order valence-corrected chi connectivity index (χ4v) is 2.29. The Bertz CT molecular complexity index is 506. The van der Waals surface area contributed by atoms with Crippen molar-refractivity contribution < 1.29 is 9.53 Å². The number of piperidine rings is 1. The lowest BCUT2D eigenvalue weighted by Gasteiger charge is -2.39. The van der Waals surface area contributed by atoms with Gasteiger partial charge in [-0.2, -0.15) is 5.26 Å². The number of hydrogen-bond acceptors (Lipinski definition) is 4. The zero-order valence-corrected chi connectivity index (χ0v) is 11.2. The Kier molecular flexibility index (Phi) is 3.82. The van der Waals surface area contributed by atoms with Crippen molar-refractivity contribution >= 4 is 5.91 Å². The summed E-state index contributed by atoms with van der Waals surface area (Å²) in [5, 5.41) is 8.71. The highest BCUT2D eigenvalue weighted by molar-refractivity contribution is 5.92. The van der Waals surface area contributed by atoms with Gasteiger partial charge in [-0.1, -0.05) is 0 Å². The molecule has 0 radical (unpaired) electrons. The van der Waals surface area contributed by atoms with Gasteiger partial charge in [0.15, 0.2) is 0 Å². The predicted molar refractivity (Wildman–Crippen MR) is 69.5 cm³/mol. The molecule has 1 aliphatic heterocycles. The molecule has 0 bridgehead atoms. The maximum Gasteiger partial charge on any atom is 0.272 e. The van der Waals surface area contributed by atoms with Crippen LogP contribution in [0.5, 0.6) is 0 Å². The molecule has 100 valence electrons. The number of nitriles is 1. The summed E-state index contributed by atoms with van der Waals surface area (Å²) in [7, 11) is 1.67. The second-order valence-corrected chi connectivity index (χ2v) is 5.03. The number of ether oxygens (including phenoxy) is 1. The van der Waals surface area contributed by atoms with Gasteiger partial charge in [-0.25, -0.2) is 4.98 Å². The number of hydrogen-bond donors (Lipinski definition) is 0. The van der Waals surface area contributed by atoms with Crippen molar-refractivity contribution in [3.8, 4) is 6.07 Å². The Morgan fingerprint density at radius 1 is 1.58 bits per heavy atom. The number of carbonyl (C=O) groups excluding carboxylic acids is 1. The lowest BCUT2D eigenvalue weighted by atomic mass is 9.94. The highest BCUT2D eigenvalue weighted by atomic mass is 16.5. The van der Waals surface area contributed by atoms with Crippen molar-refractivity contribution in [1.82, 2.24) is 9.88 Å². The summed E-state index contributed by atoms with van der Waals surface area (Å²) in [6.07, 6.45) is 3.30. The Hall–Kier alpha value is -1.93. The van der Waals surface area contributed by atoms with Crippen LogP contribution in [-0.4, -0.2) is 41.6 Å². The van der Waals surface area contributed by atoms with Gasteiger partial charge in [0.25, 0.3) is 5.91 Å². The molecule has 1 atom stereocenters. The van der Waals surface area contributed by atoms with E-state index in [2.05, 4.69) is 4.98 Å². The molecule has 0 spiro atoms. The summed E-state index contributed by atoms with van der Waals surface area (Å²) >= 11 is 0. The first kappa shape index (κ1) is 13.5. The average Bonchev–Trinajstić information content (AvgIpc) is 2.46. The fraction of sp³-hybridized carbons (Fsp3) is 0.500. The van der Waals surface area contributed by atoms with Crippen LogP contribution in [0.2, 0.25) is 0 Å². The number of methoxy groups -OCH3 is 1. The molecule has 1 aliphatic rings. The minimum absolute atomic E-state index is 0.104. The number of nitrogens with zero attached hydrogens (tertiary/aromatic N) is 3. The molecule has 1 unspecified atom stereocenters. The zero-order valence-electron chi connectivity index (χ0n) is 11.2. The largest absolute Gasteiger partial charge is 0.377 e.